The van der Waals surface area contributed by atoms with Gasteiger partial charge in [0.2, 0.25) is 0 Å². The van der Waals surface area contributed by atoms with E-state index < -0.39 is 22.4 Å². The molecule has 0 aliphatic carbocycles. The largest absolute Gasteiger partial charge is 0.423 e. The molecule has 2 aromatic rings. The quantitative estimate of drug-likeness (QED) is 0.614. The monoisotopic (exact) mass is 366 g/mol. The Morgan fingerprint density at radius 1 is 1.15 bits per heavy atom. The second-order valence-corrected chi connectivity index (χ2v) is 6.12. The highest BCUT2D eigenvalue weighted by atomic mass is 19.4. The second-order valence-electron chi connectivity index (χ2n) is 6.12. The summed E-state index contributed by atoms with van der Waals surface area (Å²) in [5.74, 6) is 0. The highest BCUT2D eigenvalue weighted by Gasteiger charge is 2.38. The molecule has 1 N–H and O–H groups in total. The predicted molar refractivity (Wildman–Crippen MR) is 89.9 cm³/mol. The van der Waals surface area contributed by atoms with Crippen LogP contribution in [0, 0.1) is 10.1 Å². The number of nitro groups is 1. The van der Waals surface area contributed by atoms with E-state index in [1.165, 1.54) is 6.07 Å². The maximum Gasteiger partial charge on any atom is 0.423 e. The number of anilines is 1. The maximum atomic E-state index is 13.1. The summed E-state index contributed by atoms with van der Waals surface area (Å²) in [4.78, 5) is 9.82. The summed E-state index contributed by atoms with van der Waals surface area (Å²) in [5, 5.41) is 13.9. The summed E-state index contributed by atoms with van der Waals surface area (Å²) in [5.41, 5.74) is -0.975. The highest BCUT2D eigenvalue weighted by Crippen LogP contribution is 2.38. The van der Waals surface area contributed by atoms with E-state index in [0.29, 0.717) is 19.4 Å². The van der Waals surface area contributed by atoms with E-state index in [-0.39, 0.29) is 17.8 Å². The van der Waals surface area contributed by atoms with Crippen molar-refractivity contribution < 1.29 is 22.8 Å². The number of hydrogen-bond acceptors (Lipinski definition) is 4. The Kier molecular flexibility index (Phi) is 5.13. The van der Waals surface area contributed by atoms with Gasteiger partial charge in [-0.05, 0) is 30.5 Å². The smallest absolute Gasteiger partial charge is 0.382 e. The normalized spacial score (nSPS) is 20.6. The summed E-state index contributed by atoms with van der Waals surface area (Å²) in [6.07, 6.45) is -3.69. The van der Waals surface area contributed by atoms with Gasteiger partial charge in [0, 0.05) is 24.4 Å². The Labute approximate surface area is 147 Å². The van der Waals surface area contributed by atoms with Gasteiger partial charge in [0.05, 0.1) is 11.0 Å². The number of ether oxygens (including phenoxy) is 1. The molecule has 0 bridgehead atoms. The van der Waals surface area contributed by atoms with Crippen molar-refractivity contribution in [2.75, 3.05) is 11.9 Å². The van der Waals surface area contributed by atoms with E-state index in [2.05, 4.69) is 5.32 Å². The lowest BCUT2D eigenvalue weighted by Crippen LogP contribution is -2.30. The second kappa shape index (κ2) is 7.33. The Morgan fingerprint density at radius 2 is 1.88 bits per heavy atom. The molecule has 0 aromatic heterocycles. The number of alkyl halides is 3. The Balaban J connectivity index is 1.77. The molecule has 1 aliphatic heterocycles. The predicted octanol–water partition coefficient (Wildman–Crippen LogP) is 4.95. The fraction of sp³-hybridized carbons (Fsp3) is 0.333. The van der Waals surface area contributed by atoms with Gasteiger partial charge in [0.25, 0.3) is 5.69 Å². The first-order chi connectivity index (χ1) is 12.3. The number of benzene rings is 2. The van der Waals surface area contributed by atoms with Crippen LogP contribution in [0.15, 0.2) is 48.5 Å². The molecule has 3 rings (SSSR count). The number of hydrogen-bond donors (Lipinski definition) is 1. The van der Waals surface area contributed by atoms with Gasteiger partial charge in [0.1, 0.15) is 5.56 Å². The van der Waals surface area contributed by atoms with Crippen LogP contribution in [0.2, 0.25) is 0 Å². The zero-order valence-electron chi connectivity index (χ0n) is 13.7. The first-order valence-corrected chi connectivity index (χ1v) is 8.13. The average Bonchev–Trinajstić information content (AvgIpc) is 2.62. The third-order valence-electron chi connectivity index (χ3n) is 4.32. The molecule has 1 saturated heterocycles. The van der Waals surface area contributed by atoms with Crippen molar-refractivity contribution in [3.05, 3.63) is 69.8 Å². The van der Waals surface area contributed by atoms with Gasteiger partial charge >= 0.3 is 6.18 Å². The fourth-order valence-corrected chi connectivity index (χ4v) is 3.08. The fourth-order valence-electron chi connectivity index (χ4n) is 3.08. The number of nitrogens with zero attached hydrogens (tertiary/aromatic N) is 1. The minimum atomic E-state index is -4.79. The van der Waals surface area contributed by atoms with Crippen LogP contribution in [0.5, 0.6) is 0 Å². The van der Waals surface area contributed by atoms with Gasteiger partial charge in [-0.3, -0.25) is 10.1 Å². The molecule has 1 heterocycles. The summed E-state index contributed by atoms with van der Waals surface area (Å²) >= 11 is 0. The van der Waals surface area contributed by atoms with Crippen molar-refractivity contribution in [3.8, 4) is 0 Å². The molecule has 138 valence electrons. The minimum Gasteiger partial charge on any atom is -0.382 e. The van der Waals surface area contributed by atoms with Gasteiger partial charge in [0.15, 0.2) is 0 Å². The van der Waals surface area contributed by atoms with Gasteiger partial charge in [-0.1, -0.05) is 30.3 Å². The van der Waals surface area contributed by atoms with Crippen LogP contribution in [0.25, 0.3) is 0 Å². The third-order valence-corrected chi connectivity index (χ3v) is 4.32. The molecular formula is C18H17F3N2O3. The van der Waals surface area contributed by atoms with Gasteiger partial charge in [-0.15, -0.1) is 0 Å². The first kappa shape index (κ1) is 18.2. The Morgan fingerprint density at radius 3 is 2.54 bits per heavy atom. The van der Waals surface area contributed by atoms with Crippen LogP contribution < -0.4 is 5.32 Å². The van der Waals surface area contributed by atoms with Crippen molar-refractivity contribution in [3.63, 3.8) is 0 Å². The molecule has 8 heteroatoms. The van der Waals surface area contributed by atoms with Gasteiger partial charge in [-0.2, -0.15) is 13.2 Å². The lowest BCUT2D eigenvalue weighted by atomic mass is 9.97. The SMILES string of the molecule is O=[N+]([O-])c1ccc(NC2CCOC(c3ccccc3)C2)cc1C(F)(F)F. The average molecular weight is 366 g/mol. The molecular weight excluding hydrogens is 349 g/mol. The lowest BCUT2D eigenvalue weighted by Gasteiger charge is -2.31. The zero-order chi connectivity index (χ0) is 18.7. The zero-order valence-corrected chi connectivity index (χ0v) is 13.7. The topological polar surface area (TPSA) is 64.4 Å². The van der Waals surface area contributed by atoms with Crippen LogP contribution in [0.1, 0.15) is 30.1 Å². The molecule has 2 atom stereocenters. The summed E-state index contributed by atoms with van der Waals surface area (Å²) in [6, 6.07) is 12.5. The minimum absolute atomic E-state index is 0.0866. The maximum absolute atomic E-state index is 13.1. The Hall–Kier alpha value is -2.61. The summed E-state index contributed by atoms with van der Waals surface area (Å²) < 4.78 is 45.0. The molecule has 0 radical (unpaired) electrons. The Bertz CT molecular complexity index is 781. The van der Waals surface area contributed by atoms with Crippen molar-refractivity contribution in [1.29, 1.82) is 0 Å². The molecule has 0 amide bonds. The number of halogens is 3. The van der Waals surface area contributed by atoms with Crippen LogP contribution in [0.4, 0.5) is 24.5 Å². The van der Waals surface area contributed by atoms with Crippen molar-refractivity contribution in [2.45, 2.75) is 31.2 Å². The van der Waals surface area contributed by atoms with E-state index >= 15 is 0 Å². The molecule has 2 unspecified atom stereocenters. The van der Waals surface area contributed by atoms with Crippen LogP contribution in [-0.4, -0.2) is 17.6 Å². The number of nitrogens with one attached hydrogen (secondary N) is 1. The molecule has 0 spiro atoms. The molecule has 1 aliphatic rings. The molecule has 26 heavy (non-hydrogen) atoms. The van der Waals surface area contributed by atoms with E-state index in [0.717, 1.165) is 17.7 Å². The molecule has 2 aromatic carbocycles. The molecule has 5 nitrogen and oxygen atoms in total. The van der Waals surface area contributed by atoms with E-state index in [9.17, 15) is 23.3 Å². The summed E-state index contributed by atoms with van der Waals surface area (Å²) in [6.45, 7) is 0.482. The number of rotatable bonds is 4. The number of nitro benzene ring substituents is 1. The molecule has 1 fully saturated rings. The molecule has 0 saturated carbocycles. The van der Waals surface area contributed by atoms with Gasteiger partial charge in [-0.25, -0.2) is 0 Å². The van der Waals surface area contributed by atoms with E-state index in [4.69, 9.17) is 4.74 Å². The highest BCUT2D eigenvalue weighted by molar-refractivity contribution is 5.55. The van der Waals surface area contributed by atoms with E-state index in [1.807, 2.05) is 30.3 Å². The van der Waals surface area contributed by atoms with Crippen molar-refractivity contribution in [1.82, 2.24) is 0 Å². The van der Waals surface area contributed by atoms with Crippen LogP contribution >= 0.6 is 0 Å². The first-order valence-electron chi connectivity index (χ1n) is 8.13. The lowest BCUT2D eigenvalue weighted by molar-refractivity contribution is -0.388. The standard InChI is InChI=1S/C18H17F3N2O3/c19-18(20,21)15-10-13(6-7-16(15)23(24)25)22-14-8-9-26-17(11-14)12-4-2-1-3-5-12/h1-7,10,14,17,22H,8-9,11H2. The van der Waals surface area contributed by atoms with Crippen LogP contribution in [0.3, 0.4) is 0 Å². The third kappa shape index (κ3) is 4.13. The van der Waals surface area contributed by atoms with Crippen molar-refractivity contribution >= 4 is 11.4 Å². The van der Waals surface area contributed by atoms with Crippen LogP contribution in [-0.2, 0) is 10.9 Å². The summed E-state index contributed by atoms with van der Waals surface area (Å²) in [7, 11) is 0. The van der Waals surface area contributed by atoms with Crippen molar-refractivity contribution in [2.24, 2.45) is 0 Å². The van der Waals surface area contributed by atoms with Gasteiger partial charge < -0.3 is 10.1 Å². The van der Waals surface area contributed by atoms with E-state index in [1.54, 1.807) is 0 Å².